The van der Waals surface area contributed by atoms with Crippen molar-refractivity contribution in [2.45, 2.75) is 58.9 Å². The van der Waals surface area contributed by atoms with E-state index in [1.54, 1.807) is 0 Å². The van der Waals surface area contributed by atoms with Crippen LogP contribution in [0.4, 0.5) is 11.5 Å². The van der Waals surface area contributed by atoms with Crippen LogP contribution in [-0.4, -0.2) is 25.1 Å². The van der Waals surface area contributed by atoms with Crippen LogP contribution in [0.5, 0.6) is 0 Å². The smallest absolute Gasteiger partial charge is 0.128 e. The average molecular weight is 289 g/mol. The third-order valence-electron chi connectivity index (χ3n) is 4.77. The van der Waals surface area contributed by atoms with E-state index in [-0.39, 0.29) is 0 Å². The molecule has 3 heteroatoms. The molecule has 2 atom stereocenters. The molecule has 0 radical (unpaired) electrons. The number of nitrogens with zero attached hydrogens (tertiary/aromatic N) is 2. The van der Waals surface area contributed by atoms with Gasteiger partial charge in [0.15, 0.2) is 0 Å². The minimum absolute atomic E-state index is 0.448. The number of anilines is 2. The van der Waals surface area contributed by atoms with Crippen molar-refractivity contribution in [1.82, 2.24) is 4.98 Å². The number of hydrogen-bond donors (Lipinski definition) is 1. The Bertz CT molecular complexity index is 431. The largest absolute Gasteiger partial charge is 0.381 e. The van der Waals surface area contributed by atoms with Crippen molar-refractivity contribution in [1.29, 1.82) is 0 Å². The quantitative estimate of drug-likeness (QED) is 0.827. The van der Waals surface area contributed by atoms with Gasteiger partial charge in [0.2, 0.25) is 0 Å². The van der Waals surface area contributed by atoms with E-state index < -0.39 is 0 Å². The highest BCUT2D eigenvalue weighted by atomic mass is 15.1. The highest BCUT2D eigenvalue weighted by Gasteiger charge is 2.27. The third-order valence-corrected chi connectivity index (χ3v) is 4.77. The van der Waals surface area contributed by atoms with Crippen LogP contribution in [0.2, 0.25) is 0 Å². The Morgan fingerprint density at radius 2 is 1.86 bits per heavy atom. The van der Waals surface area contributed by atoms with Crippen molar-refractivity contribution in [2.24, 2.45) is 11.3 Å². The normalized spacial score (nSPS) is 23.5. The summed E-state index contributed by atoms with van der Waals surface area (Å²) in [6.45, 7) is 7.15. The Morgan fingerprint density at radius 1 is 1.10 bits per heavy atom. The molecule has 1 heterocycles. The van der Waals surface area contributed by atoms with Crippen LogP contribution >= 0.6 is 0 Å². The maximum absolute atomic E-state index is 4.48. The molecule has 1 N–H and O–H groups in total. The standard InChI is InChI=1S/C18H31N3/c1-18(2,3)14-7-6-8-15(10-9-14)20-16-11-12-17(19-13-16)21(4)5/h11-15,20H,6-10H2,1-5H3. The summed E-state index contributed by atoms with van der Waals surface area (Å²) < 4.78 is 0. The van der Waals surface area contributed by atoms with Crippen molar-refractivity contribution in [3.8, 4) is 0 Å². The summed E-state index contributed by atoms with van der Waals surface area (Å²) in [5.74, 6) is 1.87. The first-order valence-electron chi connectivity index (χ1n) is 8.26. The summed E-state index contributed by atoms with van der Waals surface area (Å²) in [6.07, 6.45) is 8.56. The molecule has 1 saturated carbocycles. The molecule has 1 aliphatic carbocycles. The minimum atomic E-state index is 0.448. The zero-order valence-corrected chi connectivity index (χ0v) is 14.3. The Balaban J connectivity index is 1.91. The SMILES string of the molecule is CN(C)c1ccc(NC2CCCC(C(C)(C)C)CC2)cn1. The van der Waals surface area contributed by atoms with Crippen LogP contribution in [0.3, 0.4) is 0 Å². The third kappa shape index (κ3) is 4.62. The summed E-state index contributed by atoms with van der Waals surface area (Å²) in [7, 11) is 4.04. The van der Waals surface area contributed by atoms with Crippen LogP contribution in [0.1, 0.15) is 52.9 Å². The lowest BCUT2D eigenvalue weighted by Crippen LogP contribution is -2.21. The van der Waals surface area contributed by atoms with Crippen LogP contribution in [0.25, 0.3) is 0 Å². The number of rotatable bonds is 3. The van der Waals surface area contributed by atoms with Crippen molar-refractivity contribution < 1.29 is 0 Å². The molecule has 3 nitrogen and oxygen atoms in total. The van der Waals surface area contributed by atoms with E-state index in [0.717, 1.165) is 17.4 Å². The fourth-order valence-corrected chi connectivity index (χ4v) is 3.28. The molecule has 1 aromatic heterocycles. The summed E-state index contributed by atoms with van der Waals surface area (Å²) in [4.78, 5) is 6.52. The first kappa shape index (κ1) is 16.1. The Labute approximate surface area is 130 Å². The number of hydrogen-bond acceptors (Lipinski definition) is 3. The second-order valence-corrected chi connectivity index (χ2v) is 7.71. The van der Waals surface area contributed by atoms with Gasteiger partial charge in [0.25, 0.3) is 0 Å². The predicted octanol–water partition coefficient (Wildman–Crippen LogP) is 4.55. The molecule has 0 aliphatic heterocycles. The monoisotopic (exact) mass is 289 g/mol. The molecular weight excluding hydrogens is 258 g/mol. The van der Waals surface area contributed by atoms with Crippen LogP contribution in [0, 0.1) is 11.3 Å². The van der Waals surface area contributed by atoms with Gasteiger partial charge >= 0.3 is 0 Å². The molecule has 1 aliphatic rings. The van der Waals surface area contributed by atoms with Crippen molar-refractivity contribution in [3.05, 3.63) is 18.3 Å². The van der Waals surface area contributed by atoms with Gasteiger partial charge in [-0.3, -0.25) is 0 Å². The fraction of sp³-hybridized carbons (Fsp3) is 0.722. The summed E-state index contributed by atoms with van der Waals surface area (Å²) in [5.41, 5.74) is 1.60. The van der Waals surface area contributed by atoms with Gasteiger partial charge in [-0.05, 0) is 49.1 Å². The second kappa shape index (κ2) is 6.67. The lowest BCUT2D eigenvalue weighted by molar-refractivity contribution is 0.214. The van der Waals surface area contributed by atoms with Gasteiger partial charge in [-0.25, -0.2) is 4.98 Å². The Morgan fingerprint density at radius 3 is 2.43 bits per heavy atom. The van der Waals surface area contributed by atoms with Crippen molar-refractivity contribution in [3.63, 3.8) is 0 Å². The van der Waals surface area contributed by atoms with Crippen LogP contribution < -0.4 is 10.2 Å². The van der Waals surface area contributed by atoms with Gasteiger partial charge in [-0.15, -0.1) is 0 Å². The second-order valence-electron chi connectivity index (χ2n) is 7.71. The van der Waals surface area contributed by atoms with Gasteiger partial charge in [0.1, 0.15) is 5.82 Å². The van der Waals surface area contributed by atoms with E-state index in [9.17, 15) is 0 Å². The molecule has 0 aromatic carbocycles. The molecule has 2 rings (SSSR count). The van der Waals surface area contributed by atoms with E-state index in [2.05, 4.69) is 43.2 Å². The molecule has 2 unspecified atom stereocenters. The van der Waals surface area contributed by atoms with Crippen LogP contribution in [-0.2, 0) is 0 Å². The summed E-state index contributed by atoms with van der Waals surface area (Å²) in [6, 6.07) is 4.83. The highest BCUT2D eigenvalue weighted by Crippen LogP contribution is 2.37. The van der Waals surface area contributed by atoms with E-state index in [0.29, 0.717) is 11.5 Å². The molecule has 118 valence electrons. The van der Waals surface area contributed by atoms with Gasteiger partial charge in [0, 0.05) is 20.1 Å². The molecule has 0 amide bonds. The molecule has 1 aromatic rings. The fourth-order valence-electron chi connectivity index (χ4n) is 3.28. The highest BCUT2D eigenvalue weighted by molar-refractivity contribution is 5.48. The van der Waals surface area contributed by atoms with E-state index in [4.69, 9.17) is 0 Å². The number of nitrogens with one attached hydrogen (secondary N) is 1. The van der Waals surface area contributed by atoms with Crippen molar-refractivity contribution in [2.75, 3.05) is 24.3 Å². The molecule has 0 saturated heterocycles. The molecule has 0 bridgehead atoms. The lowest BCUT2D eigenvalue weighted by atomic mass is 9.76. The first-order chi connectivity index (χ1) is 9.86. The topological polar surface area (TPSA) is 28.2 Å². The predicted molar refractivity (Wildman–Crippen MR) is 92.0 cm³/mol. The van der Waals surface area contributed by atoms with E-state index in [1.165, 1.54) is 32.1 Å². The molecule has 21 heavy (non-hydrogen) atoms. The summed E-state index contributed by atoms with van der Waals surface area (Å²) in [5, 5.41) is 3.68. The minimum Gasteiger partial charge on any atom is -0.381 e. The zero-order valence-electron chi connectivity index (χ0n) is 14.3. The molecule has 1 fully saturated rings. The van der Waals surface area contributed by atoms with E-state index >= 15 is 0 Å². The Hall–Kier alpha value is -1.25. The number of pyridine rings is 1. The lowest BCUT2D eigenvalue weighted by Gasteiger charge is -2.29. The summed E-state index contributed by atoms with van der Waals surface area (Å²) >= 11 is 0. The average Bonchev–Trinajstić information content (AvgIpc) is 2.64. The Kier molecular flexibility index (Phi) is 5.13. The maximum Gasteiger partial charge on any atom is 0.128 e. The number of aromatic nitrogens is 1. The van der Waals surface area contributed by atoms with Crippen molar-refractivity contribution >= 4 is 11.5 Å². The zero-order chi connectivity index (χ0) is 15.5. The van der Waals surface area contributed by atoms with Gasteiger partial charge in [0.05, 0.1) is 11.9 Å². The van der Waals surface area contributed by atoms with Gasteiger partial charge in [-0.1, -0.05) is 27.2 Å². The van der Waals surface area contributed by atoms with Crippen LogP contribution in [0.15, 0.2) is 18.3 Å². The van der Waals surface area contributed by atoms with Gasteiger partial charge < -0.3 is 10.2 Å². The molecular formula is C18H31N3. The van der Waals surface area contributed by atoms with E-state index in [1.807, 2.05) is 25.2 Å². The van der Waals surface area contributed by atoms with Gasteiger partial charge in [-0.2, -0.15) is 0 Å². The molecule has 0 spiro atoms. The maximum atomic E-state index is 4.48. The first-order valence-corrected chi connectivity index (χ1v) is 8.26.